The number of allylic oxidation sites excluding steroid dienone is 5. The normalized spacial score (nSPS) is 29.4. The van der Waals surface area contributed by atoms with Gasteiger partial charge in [-0.3, -0.25) is 0 Å². The van der Waals surface area contributed by atoms with Gasteiger partial charge in [0.05, 0.1) is 31.5 Å². The van der Waals surface area contributed by atoms with Crippen molar-refractivity contribution in [1.82, 2.24) is 0 Å². The molecule has 0 saturated carbocycles. The van der Waals surface area contributed by atoms with Crippen LogP contribution < -0.4 is 0 Å². The molecule has 0 amide bonds. The maximum absolute atomic E-state index is 13.7. The third-order valence-corrected chi connectivity index (χ3v) is 14.1. The van der Waals surface area contributed by atoms with Crippen molar-refractivity contribution in [2.24, 2.45) is 0 Å². The fourth-order valence-corrected chi connectivity index (χ4v) is 9.63. The summed E-state index contributed by atoms with van der Waals surface area (Å²) >= 11 is 0. The van der Waals surface area contributed by atoms with Gasteiger partial charge in [0, 0.05) is 17.7 Å². The molecular formula is C60H72O21. The van der Waals surface area contributed by atoms with Crippen molar-refractivity contribution in [2.75, 3.05) is 19.8 Å². The minimum Gasteiger partial charge on any atom is -0.508 e. The molecule has 0 aliphatic carbocycles. The molecule has 3 fully saturated rings. The number of carbonyl (C=O) groups excluding carboxylic acids is 2. The van der Waals surface area contributed by atoms with E-state index in [4.69, 9.17) is 33.2 Å². The van der Waals surface area contributed by atoms with E-state index in [1.54, 1.807) is 30.4 Å². The number of rotatable bonds is 24. The summed E-state index contributed by atoms with van der Waals surface area (Å²) in [6.07, 6.45) is -12.5. The molecule has 0 aromatic heterocycles. The molecule has 0 spiro atoms. The summed E-state index contributed by atoms with van der Waals surface area (Å²) in [6.45, 7) is -1.32. The molecule has 21 nitrogen and oxygen atoms in total. The third kappa shape index (κ3) is 16.1. The Labute approximate surface area is 468 Å². The molecule has 4 aromatic carbocycles. The Morgan fingerprint density at radius 1 is 0.617 bits per heavy atom. The molecule has 4 aromatic rings. The van der Waals surface area contributed by atoms with Crippen molar-refractivity contribution in [1.29, 1.82) is 0 Å². The van der Waals surface area contributed by atoms with Gasteiger partial charge in [0.25, 0.3) is 0 Å². The van der Waals surface area contributed by atoms with Crippen LogP contribution in [0, 0.1) is 0 Å². The number of hydrogen-bond acceptors (Lipinski definition) is 21. The van der Waals surface area contributed by atoms with Crippen LogP contribution in [0.1, 0.15) is 66.6 Å². The van der Waals surface area contributed by atoms with E-state index in [2.05, 4.69) is 6.92 Å². The van der Waals surface area contributed by atoms with Gasteiger partial charge in [-0.25, -0.2) is 9.59 Å². The van der Waals surface area contributed by atoms with E-state index in [1.165, 1.54) is 24.3 Å². The molecule has 21 heteroatoms. The van der Waals surface area contributed by atoms with Crippen molar-refractivity contribution in [2.45, 2.75) is 144 Å². The van der Waals surface area contributed by atoms with Crippen LogP contribution >= 0.6 is 0 Å². The number of aromatic hydroxyl groups is 2. The molecule has 3 heterocycles. The van der Waals surface area contributed by atoms with E-state index in [9.17, 15) is 70.9 Å². The van der Waals surface area contributed by atoms with Crippen LogP contribution in [-0.4, -0.2) is 185 Å². The highest BCUT2D eigenvalue weighted by Gasteiger charge is 2.56. The highest BCUT2D eigenvalue weighted by atomic mass is 16.8. The lowest BCUT2D eigenvalue weighted by Crippen LogP contribution is -2.66. The van der Waals surface area contributed by atoms with Gasteiger partial charge >= 0.3 is 11.9 Å². The number of ether oxygens (including phenoxy) is 7. The van der Waals surface area contributed by atoms with Crippen molar-refractivity contribution in [3.05, 3.63) is 156 Å². The van der Waals surface area contributed by atoms with Crippen LogP contribution in [-0.2, 0) is 44.6 Å². The minimum absolute atomic E-state index is 0.0974. The van der Waals surface area contributed by atoms with Crippen LogP contribution in [0.2, 0.25) is 0 Å². The largest absolute Gasteiger partial charge is 0.508 e. The van der Waals surface area contributed by atoms with E-state index in [0.717, 1.165) is 66.1 Å². The number of aliphatic hydroxyl groups is 10. The molecule has 438 valence electrons. The molecule has 16 atom stereocenters. The molecular weight excluding hydrogens is 1060 g/mol. The maximum atomic E-state index is 13.7. The standard InChI is InChI=1S/C60H72O21/c1-2-3-4-5-6-7-12-17-40(64)18-13-9-14-19-46(67)79-56-53(73)55(47-39(30-61)28-41(65)29-42(47)66)76-44(32-63)54(56)80-60-57(81-59-52(72)50(70)48(68)43(31-62)77-59)51(71)49(69)45(78-60)33-75-58(74)38-26-24-37(25-27-38)36-22-20-35(21-23-36)34-15-10-8-11-16-34/h6-17,19-29,40,43-45,48-57,59-66,68-73H,2-5,18,30-33H2,1H3/b7-6+,13-9+,17-12+,19-14+/t40-,43-,44-,45-,48+,49+,50+,51+,52-,53+,54-,55+,56-,57-,59+,60+/m1/s1. The van der Waals surface area contributed by atoms with E-state index in [1.807, 2.05) is 66.7 Å². The van der Waals surface area contributed by atoms with Crippen LogP contribution in [0.4, 0.5) is 0 Å². The Balaban J connectivity index is 1.13. The van der Waals surface area contributed by atoms with Gasteiger partial charge < -0.3 is 94.4 Å². The zero-order valence-electron chi connectivity index (χ0n) is 44.4. The molecule has 12 N–H and O–H groups in total. The Morgan fingerprint density at radius 3 is 1.89 bits per heavy atom. The van der Waals surface area contributed by atoms with E-state index < -0.39 is 148 Å². The highest BCUT2D eigenvalue weighted by Crippen LogP contribution is 2.43. The molecule has 7 rings (SSSR count). The summed E-state index contributed by atoms with van der Waals surface area (Å²) in [5.74, 6) is -3.13. The third-order valence-electron chi connectivity index (χ3n) is 14.1. The number of benzene rings is 4. The second-order valence-corrected chi connectivity index (χ2v) is 19.8. The van der Waals surface area contributed by atoms with Gasteiger partial charge in [0.1, 0.15) is 91.4 Å². The average molecular weight is 1130 g/mol. The van der Waals surface area contributed by atoms with Crippen LogP contribution in [0.15, 0.2) is 140 Å². The lowest BCUT2D eigenvalue weighted by Gasteiger charge is -2.49. The van der Waals surface area contributed by atoms with Gasteiger partial charge in [-0.2, -0.15) is 0 Å². The molecule has 0 radical (unpaired) electrons. The minimum atomic E-state index is -2.13. The molecule has 81 heavy (non-hydrogen) atoms. The summed E-state index contributed by atoms with van der Waals surface area (Å²) in [5, 5.41) is 130. The average Bonchev–Trinajstić information content (AvgIpc) is 3.53. The first-order valence-corrected chi connectivity index (χ1v) is 26.8. The monoisotopic (exact) mass is 1130 g/mol. The lowest BCUT2D eigenvalue weighted by atomic mass is 9.88. The topological polar surface area (TPSA) is 342 Å². The Kier molecular flexibility index (Phi) is 23.2. The number of phenols is 2. The number of phenolic OH excluding ortho intramolecular Hbond substituents is 2. The zero-order chi connectivity index (χ0) is 58.2. The lowest BCUT2D eigenvalue weighted by molar-refractivity contribution is -0.382. The van der Waals surface area contributed by atoms with E-state index in [0.29, 0.717) is 0 Å². The van der Waals surface area contributed by atoms with Crippen LogP contribution in [0.3, 0.4) is 0 Å². The van der Waals surface area contributed by atoms with Crippen molar-refractivity contribution >= 4 is 11.9 Å². The van der Waals surface area contributed by atoms with E-state index in [-0.39, 0.29) is 23.1 Å². The summed E-state index contributed by atoms with van der Waals surface area (Å²) in [5.41, 5.74) is 3.41. The Bertz CT molecular complexity index is 2730. The van der Waals surface area contributed by atoms with Crippen molar-refractivity contribution < 1.29 is 104 Å². The fraction of sp³-hybridized carbons (Fsp3) is 0.433. The molecule has 3 aliphatic rings. The summed E-state index contributed by atoms with van der Waals surface area (Å²) in [6, 6.07) is 26.1. The maximum Gasteiger partial charge on any atom is 0.338 e. The van der Waals surface area contributed by atoms with Gasteiger partial charge in [0.15, 0.2) is 18.7 Å². The predicted molar refractivity (Wildman–Crippen MR) is 289 cm³/mol. The fourth-order valence-electron chi connectivity index (χ4n) is 9.63. The number of unbranched alkanes of at least 4 members (excludes halogenated alkanes) is 3. The molecule has 3 aliphatic heterocycles. The zero-order valence-corrected chi connectivity index (χ0v) is 44.4. The summed E-state index contributed by atoms with van der Waals surface area (Å²) in [7, 11) is 0. The first-order valence-electron chi connectivity index (χ1n) is 26.8. The first-order chi connectivity index (χ1) is 39.1. The van der Waals surface area contributed by atoms with Gasteiger partial charge in [-0.1, -0.05) is 129 Å². The number of carbonyl (C=O) groups is 2. The molecule has 3 saturated heterocycles. The number of esters is 2. The van der Waals surface area contributed by atoms with Crippen molar-refractivity contribution in [3.63, 3.8) is 0 Å². The van der Waals surface area contributed by atoms with Crippen LogP contribution in [0.25, 0.3) is 22.3 Å². The van der Waals surface area contributed by atoms with Gasteiger partial charge in [0.2, 0.25) is 0 Å². The van der Waals surface area contributed by atoms with E-state index >= 15 is 0 Å². The van der Waals surface area contributed by atoms with Gasteiger partial charge in [-0.05, 0) is 65.3 Å². The SMILES string of the molecule is CCCCC/C=C/C=C/[C@@H](O)C/C=C/C=C/C(=O)O[C@@H]1[C@@H](O)[C@H](c2c(O)cc(O)cc2CO)O[C@H](CO)[C@H]1O[C@@H]1O[C@H](COC(=O)c2ccc(-c3ccc(-c4ccccc4)cc3)cc2)[C@H](O)[C@H](O)[C@H]1O[C@@H]1O[C@H](CO)[C@H](O)[C@H](O)[C@H]1O. The Morgan fingerprint density at radius 2 is 1.23 bits per heavy atom. The quantitative estimate of drug-likeness (QED) is 0.0208. The van der Waals surface area contributed by atoms with Crippen LogP contribution in [0.5, 0.6) is 11.5 Å². The summed E-state index contributed by atoms with van der Waals surface area (Å²) in [4.78, 5) is 27.2. The first kappa shape index (κ1) is 62.4. The van der Waals surface area contributed by atoms with Gasteiger partial charge in [-0.15, -0.1) is 0 Å². The number of hydrogen-bond donors (Lipinski definition) is 12. The molecule has 0 bridgehead atoms. The predicted octanol–water partition coefficient (Wildman–Crippen LogP) is 3.06. The summed E-state index contributed by atoms with van der Waals surface area (Å²) < 4.78 is 41.5. The number of aliphatic hydroxyl groups excluding tert-OH is 10. The second kappa shape index (κ2) is 30.2. The van der Waals surface area contributed by atoms with Crippen molar-refractivity contribution in [3.8, 4) is 33.8 Å². The Hall–Kier alpha value is -6.22. The smallest absolute Gasteiger partial charge is 0.338 e. The molecule has 0 unspecified atom stereocenters. The second-order valence-electron chi connectivity index (χ2n) is 19.8. The highest BCUT2D eigenvalue weighted by molar-refractivity contribution is 5.90.